The first kappa shape index (κ1) is 18.9. The van der Waals surface area contributed by atoms with Gasteiger partial charge in [0.25, 0.3) is 5.91 Å². The van der Waals surface area contributed by atoms with Gasteiger partial charge in [-0.15, -0.1) is 0 Å². The molecule has 0 radical (unpaired) electrons. The number of amides is 1. The third-order valence-corrected chi connectivity index (χ3v) is 6.32. The molecule has 2 aliphatic heterocycles. The van der Waals surface area contributed by atoms with Crippen LogP contribution < -0.4 is 4.74 Å². The molecule has 1 atom stereocenters. The summed E-state index contributed by atoms with van der Waals surface area (Å²) >= 11 is 0. The fourth-order valence-corrected chi connectivity index (χ4v) is 4.45. The van der Waals surface area contributed by atoms with Crippen molar-refractivity contribution < 1.29 is 14.3 Å². The van der Waals surface area contributed by atoms with Crippen LogP contribution in [0.15, 0.2) is 42.9 Å². The van der Waals surface area contributed by atoms with Gasteiger partial charge < -0.3 is 14.4 Å². The van der Waals surface area contributed by atoms with E-state index in [1.54, 1.807) is 18.6 Å². The maximum atomic E-state index is 12.9. The molecule has 1 spiro atoms. The van der Waals surface area contributed by atoms with Crippen LogP contribution in [0.1, 0.15) is 35.2 Å². The average Bonchev–Trinajstić information content (AvgIpc) is 2.74. The van der Waals surface area contributed by atoms with Gasteiger partial charge in [0, 0.05) is 43.6 Å². The lowest BCUT2D eigenvalue weighted by atomic mass is 9.66. The van der Waals surface area contributed by atoms with E-state index in [-0.39, 0.29) is 11.3 Å². The van der Waals surface area contributed by atoms with Crippen molar-refractivity contribution in [2.45, 2.75) is 26.2 Å². The van der Waals surface area contributed by atoms with Crippen molar-refractivity contribution in [3.8, 4) is 5.88 Å². The van der Waals surface area contributed by atoms with Crippen LogP contribution >= 0.6 is 0 Å². The molecule has 4 rings (SSSR count). The summed E-state index contributed by atoms with van der Waals surface area (Å²) in [6.45, 7) is 5.63. The topological polar surface area (TPSA) is 64.6 Å². The van der Waals surface area contributed by atoms with Crippen LogP contribution in [-0.4, -0.2) is 53.7 Å². The van der Waals surface area contributed by atoms with Crippen LogP contribution in [0.4, 0.5) is 0 Å². The van der Waals surface area contributed by atoms with Crippen molar-refractivity contribution in [3.63, 3.8) is 0 Å². The van der Waals surface area contributed by atoms with Crippen LogP contribution in [0.25, 0.3) is 0 Å². The second kappa shape index (κ2) is 8.27. The third kappa shape index (κ3) is 3.87. The minimum atomic E-state index is 0.146. The summed E-state index contributed by atoms with van der Waals surface area (Å²) in [5, 5.41) is 0. The lowest BCUT2D eigenvalue weighted by Crippen LogP contribution is -2.51. The molecule has 0 saturated carbocycles. The summed E-state index contributed by atoms with van der Waals surface area (Å²) in [5.41, 5.74) is 2.02. The highest BCUT2D eigenvalue weighted by Crippen LogP contribution is 2.45. The lowest BCUT2D eigenvalue weighted by Gasteiger charge is -2.48. The van der Waals surface area contributed by atoms with Crippen molar-refractivity contribution in [1.82, 2.24) is 14.9 Å². The summed E-state index contributed by atoms with van der Waals surface area (Å²) in [4.78, 5) is 23.2. The van der Waals surface area contributed by atoms with Gasteiger partial charge in [0.1, 0.15) is 0 Å². The molecule has 6 heteroatoms. The number of aryl methyl sites for hydroxylation is 1. The van der Waals surface area contributed by atoms with Gasteiger partial charge in [0.2, 0.25) is 5.88 Å². The maximum absolute atomic E-state index is 12.9. The SMILES string of the molecule is Cc1ccccc1C(=O)N1CCC2(CCOCC2COc2cnccn2)CC1. The molecule has 0 aliphatic carbocycles. The number of hydrogen-bond acceptors (Lipinski definition) is 5. The fraction of sp³-hybridized carbons (Fsp3) is 0.500. The monoisotopic (exact) mass is 381 g/mol. The van der Waals surface area contributed by atoms with Crippen LogP contribution in [-0.2, 0) is 4.74 Å². The van der Waals surface area contributed by atoms with E-state index in [4.69, 9.17) is 9.47 Å². The van der Waals surface area contributed by atoms with E-state index in [1.165, 1.54) is 0 Å². The first-order chi connectivity index (χ1) is 13.7. The Labute approximate surface area is 165 Å². The number of hydrogen-bond donors (Lipinski definition) is 0. The Balaban J connectivity index is 1.40. The minimum Gasteiger partial charge on any atom is -0.476 e. The Morgan fingerprint density at radius 2 is 2.07 bits per heavy atom. The van der Waals surface area contributed by atoms with Gasteiger partial charge >= 0.3 is 0 Å². The van der Waals surface area contributed by atoms with Gasteiger partial charge in [-0.2, -0.15) is 0 Å². The molecule has 1 unspecified atom stereocenters. The summed E-state index contributed by atoms with van der Waals surface area (Å²) in [6, 6.07) is 7.83. The first-order valence-electron chi connectivity index (χ1n) is 9.99. The number of carbonyl (C=O) groups is 1. The highest BCUT2D eigenvalue weighted by molar-refractivity contribution is 5.95. The van der Waals surface area contributed by atoms with Crippen molar-refractivity contribution in [2.24, 2.45) is 11.3 Å². The Morgan fingerprint density at radius 1 is 1.25 bits per heavy atom. The lowest BCUT2D eigenvalue weighted by molar-refractivity contribution is -0.0826. The summed E-state index contributed by atoms with van der Waals surface area (Å²) in [6.07, 6.45) is 7.91. The van der Waals surface area contributed by atoms with E-state index in [9.17, 15) is 4.79 Å². The predicted octanol–water partition coefficient (Wildman–Crippen LogP) is 3.12. The molecule has 148 valence electrons. The molecule has 2 aromatic rings. The van der Waals surface area contributed by atoms with E-state index in [0.29, 0.717) is 25.0 Å². The highest BCUT2D eigenvalue weighted by atomic mass is 16.5. The summed E-state index contributed by atoms with van der Waals surface area (Å²) in [7, 11) is 0. The number of ether oxygens (including phenoxy) is 2. The normalized spacial score (nSPS) is 21.5. The van der Waals surface area contributed by atoms with E-state index in [0.717, 1.165) is 50.1 Å². The number of nitrogens with zero attached hydrogens (tertiary/aromatic N) is 3. The first-order valence-corrected chi connectivity index (χ1v) is 9.99. The number of carbonyl (C=O) groups excluding carboxylic acids is 1. The van der Waals surface area contributed by atoms with Gasteiger partial charge in [-0.3, -0.25) is 9.78 Å². The standard InChI is InChI=1S/C22H27N3O3/c1-17-4-2-3-5-19(17)21(26)25-11-6-22(7-12-25)8-13-27-15-18(22)16-28-20-14-23-9-10-24-20/h2-5,9-10,14,18H,6-8,11-13,15-16H2,1H3. The van der Waals surface area contributed by atoms with Crippen molar-refractivity contribution >= 4 is 5.91 Å². The van der Waals surface area contributed by atoms with E-state index < -0.39 is 0 Å². The van der Waals surface area contributed by atoms with Gasteiger partial charge in [0.15, 0.2) is 0 Å². The second-order valence-corrected chi connectivity index (χ2v) is 7.85. The van der Waals surface area contributed by atoms with Gasteiger partial charge in [-0.05, 0) is 43.2 Å². The average molecular weight is 381 g/mol. The second-order valence-electron chi connectivity index (χ2n) is 7.85. The van der Waals surface area contributed by atoms with Crippen molar-refractivity contribution in [1.29, 1.82) is 0 Å². The third-order valence-electron chi connectivity index (χ3n) is 6.32. The molecule has 1 aromatic carbocycles. The molecular formula is C22H27N3O3. The smallest absolute Gasteiger partial charge is 0.254 e. The van der Waals surface area contributed by atoms with E-state index in [1.807, 2.05) is 36.1 Å². The van der Waals surface area contributed by atoms with Gasteiger partial charge in [-0.25, -0.2) is 4.98 Å². The molecule has 1 amide bonds. The predicted molar refractivity (Wildman–Crippen MR) is 105 cm³/mol. The Kier molecular flexibility index (Phi) is 5.57. The molecule has 1 aromatic heterocycles. The van der Waals surface area contributed by atoms with E-state index in [2.05, 4.69) is 9.97 Å². The Bertz CT molecular complexity index is 804. The molecule has 0 N–H and O–H groups in total. The van der Waals surface area contributed by atoms with Crippen LogP contribution in [0, 0.1) is 18.3 Å². The Hall–Kier alpha value is -2.47. The molecular weight excluding hydrogens is 354 g/mol. The van der Waals surface area contributed by atoms with E-state index >= 15 is 0 Å². The van der Waals surface area contributed by atoms with Crippen LogP contribution in [0.3, 0.4) is 0 Å². The van der Waals surface area contributed by atoms with Crippen LogP contribution in [0.5, 0.6) is 5.88 Å². The molecule has 28 heavy (non-hydrogen) atoms. The molecule has 2 fully saturated rings. The van der Waals surface area contributed by atoms with Crippen LogP contribution in [0.2, 0.25) is 0 Å². The van der Waals surface area contributed by atoms with Gasteiger partial charge in [-0.1, -0.05) is 18.2 Å². The molecule has 6 nitrogen and oxygen atoms in total. The quantitative estimate of drug-likeness (QED) is 0.814. The maximum Gasteiger partial charge on any atom is 0.254 e. The molecule has 3 heterocycles. The van der Waals surface area contributed by atoms with Crippen molar-refractivity contribution in [2.75, 3.05) is 32.9 Å². The zero-order chi connectivity index (χ0) is 19.4. The molecule has 2 saturated heterocycles. The molecule has 2 aliphatic rings. The summed E-state index contributed by atoms with van der Waals surface area (Å²) < 4.78 is 11.7. The van der Waals surface area contributed by atoms with Crippen molar-refractivity contribution in [3.05, 3.63) is 54.0 Å². The zero-order valence-electron chi connectivity index (χ0n) is 16.3. The Morgan fingerprint density at radius 3 is 2.82 bits per heavy atom. The number of likely N-dealkylation sites (tertiary alicyclic amines) is 1. The number of benzene rings is 1. The summed E-state index contributed by atoms with van der Waals surface area (Å²) in [5.74, 6) is 1.00. The number of rotatable bonds is 4. The zero-order valence-corrected chi connectivity index (χ0v) is 16.3. The number of aromatic nitrogens is 2. The number of piperidine rings is 1. The minimum absolute atomic E-state index is 0.146. The largest absolute Gasteiger partial charge is 0.476 e. The highest BCUT2D eigenvalue weighted by Gasteiger charge is 2.44. The molecule has 0 bridgehead atoms. The fourth-order valence-electron chi connectivity index (χ4n) is 4.45. The van der Waals surface area contributed by atoms with Gasteiger partial charge in [0.05, 0.1) is 19.4 Å².